The van der Waals surface area contributed by atoms with Crippen LogP contribution in [0.5, 0.6) is 0 Å². The second-order valence-corrected chi connectivity index (χ2v) is 4.78. The van der Waals surface area contributed by atoms with Crippen molar-refractivity contribution in [2.45, 2.75) is 19.4 Å². The van der Waals surface area contributed by atoms with Crippen molar-refractivity contribution in [1.82, 2.24) is 9.88 Å². The Bertz CT molecular complexity index is 548. The summed E-state index contributed by atoms with van der Waals surface area (Å²) in [4.78, 5) is 16.5. The first kappa shape index (κ1) is 13.6. The van der Waals surface area contributed by atoms with Gasteiger partial charge in [0.05, 0.1) is 7.11 Å². The molecule has 0 amide bonds. The molecule has 1 heterocycles. The molecule has 0 radical (unpaired) electrons. The van der Waals surface area contributed by atoms with Gasteiger partial charge in [0.25, 0.3) is 0 Å². The first-order chi connectivity index (χ1) is 9.20. The maximum Gasteiger partial charge on any atom is 0.305 e. The molecular weight excluding hydrogens is 240 g/mol. The van der Waals surface area contributed by atoms with Gasteiger partial charge < -0.3 is 14.6 Å². The Morgan fingerprint density at radius 1 is 1.37 bits per heavy atom. The number of methoxy groups -OCH3 is 1. The normalized spacial score (nSPS) is 11.1. The Morgan fingerprint density at radius 3 is 2.95 bits per heavy atom. The summed E-state index contributed by atoms with van der Waals surface area (Å²) in [7, 11) is 3.50. The van der Waals surface area contributed by atoms with E-state index in [1.54, 1.807) is 0 Å². The monoisotopic (exact) mass is 260 g/mol. The summed E-state index contributed by atoms with van der Waals surface area (Å²) in [6.07, 6.45) is 3.36. The van der Waals surface area contributed by atoms with Gasteiger partial charge in [-0.3, -0.25) is 4.79 Å². The van der Waals surface area contributed by atoms with E-state index in [2.05, 4.69) is 46.1 Å². The summed E-state index contributed by atoms with van der Waals surface area (Å²) in [6.45, 7) is 1.76. The second kappa shape index (κ2) is 6.38. The maximum absolute atomic E-state index is 11.0. The topological polar surface area (TPSA) is 45.3 Å². The van der Waals surface area contributed by atoms with Gasteiger partial charge in [0, 0.05) is 30.1 Å². The van der Waals surface area contributed by atoms with Gasteiger partial charge in [0.15, 0.2) is 0 Å². The molecule has 2 rings (SSSR count). The number of carbonyl (C=O) groups excluding carboxylic acids is 1. The number of ether oxygens (including phenoxy) is 1. The molecule has 4 heteroatoms. The lowest BCUT2D eigenvalue weighted by molar-refractivity contribution is -0.140. The fourth-order valence-corrected chi connectivity index (χ4v) is 2.23. The fraction of sp³-hybridized carbons (Fsp3) is 0.400. The minimum absolute atomic E-state index is 0.138. The van der Waals surface area contributed by atoms with E-state index in [1.807, 2.05) is 6.07 Å². The molecule has 0 spiro atoms. The van der Waals surface area contributed by atoms with Crippen LogP contribution in [0.3, 0.4) is 0 Å². The lowest BCUT2D eigenvalue weighted by Gasteiger charge is -2.15. The molecule has 0 aliphatic heterocycles. The van der Waals surface area contributed by atoms with E-state index in [0.29, 0.717) is 6.42 Å². The van der Waals surface area contributed by atoms with E-state index in [-0.39, 0.29) is 5.97 Å². The number of nitrogens with one attached hydrogen (secondary N) is 1. The van der Waals surface area contributed by atoms with Gasteiger partial charge in [-0.15, -0.1) is 0 Å². The Labute approximate surface area is 113 Å². The quantitative estimate of drug-likeness (QED) is 0.812. The highest BCUT2D eigenvalue weighted by Gasteiger charge is 2.07. The number of aromatic nitrogens is 1. The lowest BCUT2D eigenvalue weighted by Crippen LogP contribution is -2.19. The number of H-pyrrole nitrogens is 1. The van der Waals surface area contributed by atoms with Gasteiger partial charge in [-0.1, -0.05) is 18.2 Å². The van der Waals surface area contributed by atoms with Crippen molar-refractivity contribution < 1.29 is 9.53 Å². The predicted octanol–water partition coefficient (Wildman–Crippen LogP) is 2.55. The highest BCUT2D eigenvalue weighted by Crippen LogP contribution is 2.18. The van der Waals surface area contributed by atoms with Crippen molar-refractivity contribution >= 4 is 16.9 Å². The fourth-order valence-electron chi connectivity index (χ4n) is 2.23. The van der Waals surface area contributed by atoms with Crippen molar-refractivity contribution in [3.05, 3.63) is 36.0 Å². The molecule has 1 aromatic heterocycles. The van der Waals surface area contributed by atoms with Gasteiger partial charge in [-0.25, -0.2) is 0 Å². The summed E-state index contributed by atoms with van der Waals surface area (Å²) in [5.74, 6) is -0.138. The molecule has 0 atom stereocenters. The second-order valence-electron chi connectivity index (χ2n) is 4.78. The molecule has 0 aliphatic rings. The smallest absolute Gasteiger partial charge is 0.305 e. The summed E-state index contributed by atoms with van der Waals surface area (Å²) in [5, 5.41) is 1.27. The Kier molecular flexibility index (Phi) is 4.58. The average Bonchev–Trinajstić information content (AvgIpc) is 2.82. The number of esters is 1. The molecule has 0 aliphatic carbocycles. The number of benzene rings is 1. The number of nitrogens with zero attached hydrogens (tertiary/aromatic N) is 1. The van der Waals surface area contributed by atoms with Crippen LogP contribution in [-0.4, -0.2) is 36.6 Å². The average molecular weight is 260 g/mol. The van der Waals surface area contributed by atoms with Crippen molar-refractivity contribution in [3.63, 3.8) is 0 Å². The van der Waals surface area contributed by atoms with Gasteiger partial charge >= 0.3 is 5.97 Å². The molecule has 1 N–H and O–H groups in total. The number of para-hydroxylation sites is 1. The number of hydrogen-bond acceptors (Lipinski definition) is 3. The third kappa shape index (κ3) is 3.58. The third-order valence-electron chi connectivity index (χ3n) is 3.26. The maximum atomic E-state index is 11.0. The van der Waals surface area contributed by atoms with Crippen molar-refractivity contribution in [1.29, 1.82) is 0 Å². The minimum atomic E-state index is -0.138. The largest absolute Gasteiger partial charge is 0.469 e. The molecule has 19 heavy (non-hydrogen) atoms. The van der Waals surface area contributed by atoms with Crippen LogP contribution < -0.4 is 0 Å². The zero-order valence-electron chi connectivity index (χ0n) is 11.5. The third-order valence-corrected chi connectivity index (χ3v) is 3.26. The summed E-state index contributed by atoms with van der Waals surface area (Å²) < 4.78 is 4.63. The molecule has 4 nitrogen and oxygen atoms in total. The number of carbonyl (C=O) groups is 1. The van der Waals surface area contributed by atoms with Gasteiger partial charge in [0.1, 0.15) is 0 Å². The van der Waals surface area contributed by atoms with Gasteiger partial charge in [-0.05, 0) is 31.6 Å². The van der Waals surface area contributed by atoms with Crippen LogP contribution in [0.2, 0.25) is 0 Å². The summed E-state index contributed by atoms with van der Waals surface area (Å²) in [5.41, 5.74) is 2.46. The van der Waals surface area contributed by atoms with Crippen molar-refractivity contribution in [2.24, 2.45) is 0 Å². The SMILES string of the molecule is COC(=O)CCCN(C)Cc1c[nH]c2ccccc12. The van der Waals surface area contributed by atoms with Crippen LogP contribution in [0.1, 0.15) is 18.4 Å². The summed E-state index contributed by atoms with van der Waals surface area (Å²) >= 11 is 0. The zero-order chi connectivity index (χ0) is 13.7. The van der Waals surface area contributed by atoms with E-state index in [0.717, 1.165) is 19.5 Å². The first-order valence-corrected chi connectivity index (χ1v) is 6.51. The van der Waals surface area contributed by atoms with Crippen LogP contribution in [0, 0.1) is 0 Å². The molecule has 0 unspecified atom stereocenters. The van der Waals surface area contributed by atoms with E-state index in [1.165, 1.54) is 23.6 Å². The molecule has 2 aromatic rings. The summed E-state index contributed by atoms with van der Waals surface area (Å²) in [6, 6.07) is 8.29. The Morgan fingerprint density at radius 2 is 2.16 bits per heavy atom. The van der Waals surface area contributed by atoms with Crippen LogP contribution in [0.25, 0.3) is 10.9 Å². The van der Waals surface area contributed by atoms with E-state index < -0.39 is 0 Å². The van der Waals surface area contributed by atoms with Gasteiger partial charge in [-0.2, -0.15) is 0 Å². The standard InChI is InChI=1S/C15H20N2O2/c1-17(9-5-8-15(18)19-2)11-12-10-16-14-7-4-3-6-13(12)14/h3-4,6-7,10,16H,5,8-9,11H2,1-2H3. The van der Waals surface area contributed by atoms with Crippen LogP contribution in [0.4, 0.5) is 0 Å². The Hall–Kier alpha value is -1.81. The zero-order valence-corrected chi connectivity index (χ0v) is 11.5. The minimum Gasteiger partial charge on any atom is -0.469 e. The van der Waals surface area contributed by atoms with E-state index in [4.69, 9.17) is 0 Å². The van der Waals surface area contributed by atoms with Crippen molar-refractivity contribution in [3.8, 4) is 0 Å². The molecule has 0 saturated heterocycles. The number of fused-ring (bicyclic) bond motifs is 1. The highest BCUT2D eigenvalue weighted by atomic mass is 16.5. The highest BCUT2D eigenvalue weighted by molar-refractivity contribution is 5.82. The van der Waals surface area contributed by atoms with Crippen LogP contribution >= 0.6 is 0 Å². The molecule has 0 fully saturated rings. The Balaban J connectivity index is 1.88. The first-order valence-electron chi connectivity index (χ1n) is 6.51. The predicted molar refractivity (Wildman–Crippen MR) is 75.9 cm³/mol. The molecular formula is C15H20N2O2. The number of aromatic amines is 1. The molecule has 102 valence electrons. The molecule has 1 aromatic carbocycles. The number of rotatable bonds is 6. The molecule has 0 bridgehead atoms. The van der Waals surface area contributed by atoms with Crippen LogP contribution in [0.15, 0.2) is 30.5 Å². The lowest BCUT2D eigenvalue weighted by atomic mass is 10.1. The van der Waals surface area contributed by atoms with Crippen LogP contribution in [-0.2, 0) is 16.1 Å². The number of hydrogen-bond donors (Lipinski definition) is 1. The van der Waals surface area contributed by atoms with Crippen molar-refractivity contribution in [2.75, 3.05) is 20.7 Å². The molecule has 0 saturated carbocycles. The van der Waals surface area contributed by atoms with E-state index in [9.17, 15) is 4.79 Å². The van der Waals surface area contributed by atoms with E-state index >= 15 is 0 Å². The van der Waals surface area contributed by atoms with Gasteiger partial charge in [0.2, 0.25) is 0 Å².